The molecule has 180 valence electrons. The van der Waals surface area contributed by atoms with Gasteiger partial charge in [0.05, 0.1) is 30.4 Å². The number of halogens is 3. The van der Waals surface area contributed by atoms with E-state index in [4.69, 9.17) is 38.8 Å². The Bertz CT molecular complexity index is 1180. The van der Waals surface area contributed by atoms with Crippen LogP contribution < -0.4 is 10.5 Å². The molecular formula is C23H24Cl2FN5O3. The van der Waals surface area contributed by atoms with Gasteiger partial charge in [-0.15, -0.1) is 0 Å². The summed E-state index contributed by atoms with van der Waals surface area (Å²) in [6, 6.07) is 4.67. The third-order valence-corrected chi connectivity index (χ3v) is 6.62. The van der Waals surface area contributed by atoms with Crippen LogP contribution in [0.4, 0.5) is 10.2 Å². The Morgan fingerprint density at radius 2 is 2.00 bits per heavy atom. The molecule has 2 aromatic heterocycles. The summed E-state index contributed by atoms with van der Waals surface area (Å²) in [4.78, 5) is 17.1. The van der Waals surface area contributed by atoms with Crippen LogP contribution in [0.2, 0.25) is 10.0 Å². The standard InChI is InChI=1S/C23H24Cl2FN5O3/c24-18-1-2-19(26)22(25)17(18)5-8-34-20-9-14(10-28-23(20)27)15-11-29-31(12-15)16-3-6-30(7-4-16)13-21(32)33/h1-2,9-12,16H,3-8,13H2,(H2,27,28)(H,32,33). The van der Waals surface area contributed by atoms with Crippen LogP contribution in [0.15, 0.2) is 36.8 Å². The van der Waals surface area contributed by atoms with E-state index in [1.54, 1.807) is 18.5 Å². The Morgan fingerprint density at radius 1 is 1.24 bits per heavy atom. The lowest BCUT2D eigenvalue weighted by Crippen LogP contribution is -2.38. The number of aromatic nitrogens is 3. The van der Waals surface area contributed by atoms with Crippen molar-refractivity contribution in [2.75, 3.05) is 32.0 Å². The van der Waals surface area contributed by atoms with Crippen molar-refractivity contribution >= 4 is 35.0 Å². The first-order valence-corrected chi connectivity index (χ1v) is 11.6. The summed E-state index contributed by atoms with van der Waals surface area (Å²) in [6.45, 7) is 1.68. The number of aliphatic carboxylic acids is 1. The first-order valence-electron chi connectivity index (χ1n) is 10.8. The molecule has 8 nitrogen and oxygen atoms in total. The van der Waals surface area contributed by atoms with Crippen molar-refractivity contribution in [3.63, 3.8) is 0 Å². The van der Waals surface area contributed by atoms with Gasteiger partial charge in [0, 0.05) is 48.1 Å². The fourth-order valence-electron chi connectivity index (χ4n) is 4.01. The third kappa shape index (κ3) is 5.60. The van der Waals surface area contributed by atoms with Gasteiger partial charge < -0.3 is 15.6 Å². The molecule has 11 heteroatoms. The molecule has 4 rings (SSSR count). The molecule has 3 heterocycles. The van der Waals surface area contributed by atoms with Crippen molar-refractivity contribution in [3.05, 3.63) is 58.2 Å². The quantitative estimate of drug-likeness (QED) is 0.437. The van der Waals surface area contributed by atoms with Crippen LogP contribution in [0.5, 0.6) is 5.75 Å². The van der Waals surface area contributed by atoms with Gasteiger partial charge in [0.25, 0.3) is 0 Å². The molecule has 1 aliphatic heterocycles. The average molecular weight is 508 g/mol. The molecular weight excluding hydrogens is 484 g/mol. The lowest BCUT2D eigenvalue weighted by atomic mass is 10.1. The number of carboxylic acid groups (broad SMARTS) is 1. The number of piperidine rings is 1. The molecule has 0 unspecified atom stereocenters. The number of anilines is 1. The number of pyridine rings is 1. The number of nitrogens with two attached hydrogens (primary N) is 1. The predicted molar refractivity (Wildman–Crippen MR) is 128 cm³/mol. The van der Waals surface area contributed by atoms with E-state index in [1.807, 2.05) is 15.8 Å². The fraction of sp³-hybridized carbons (Fsp3) is 0.348. The third-order valence-electron chi connectivity index (χ3n) is 5.86. The smallest absolute Gasteiger partial charge is 0.317 e. The number of nitrogen functional groups attached to an aromatic ring is 1. The zero-order chi connectivity index (χ0) is 24.2. The van der Waals surface area contributed by atoms with Gasteiger partial charge >= 0.3 is 5.97 Å². The minimum Gasteiger partial charge on any atom is -0.489 e. The molecule has 3 aromatic rings. The molecule has 1 fully saturated rings. The molecule has 1 aromatic carbocycles. The van der Waals surface area contributed by atoms with Gasteiger partial charge in [-0.25, -0.2) is 9.37 Å². The lowest BCUT2D eigenvalue weighted by Gasteiger charge is -2.30. The molecule has 0 aliphatic carbocycles. The Hall–Kier alpha value is -2.88. The second-order valence-electron chi connectivity index (χ2n) is 8.14. The molecule has 1 saturated heterocycles. The van der Waals surface area contributed by atoms with E-state index in [0.29, 0.717) is 35.8 Å². The largest absolute Gasteiger partial charge is 0.489 e. The van der Waals surface area contributed by atoms with E-state index in [-0.39, 0.29) is 30.0 Å². The summed E-state index contributed by atoms with van der Waals surface area (Å²) in [7, 11) is 0. The highest BCUT2D eigenvalue weighted by molar-refractivity contribution is 6.36. The summed E-state index contributed by atoms with van der Waals surface area (Å²) in [5.74, 6) is -0.709. The molecule has 0 saturated carbocycles. The summed E-state index contributed by atoms with van der Waals surface area (Å²) in [5, 5.41) is 13.8. The van der Waals surface area contributed by atoms with Crippen molar-refractivity contribution < 1.29 is 19.0 Å². The van der Waals surface area contributed by atoms with Crippen LogP contribution in [0.3, 0.4) is 0 Å². The molecule has 0 atom stereocenters. The van der Waals surface area contributed by atoms with Gasteiger partial charge in [-0.2, -0.15) is 5.10 Å². The van der Waals surface area contributed by atoms with Crippen LogP contribution in [0, 0.1) is 5.82 Å². The first kappa shape index (κ1) is 24.3. The van der Waals surface area contributed by atoms with Crippen molar-refractivity contribution in [1.29, 1.82) is 0 Å². The Morgan fingerprint density at radius 3 is 2.74 bits per heavy atom. The molecule has 0 amide bonds. The zero-order valence-corrected chi connectivity index (χ0v) is 19.8. The highest BCUT2D eigenvalue weighted by atomic mass is 35.5. The number of hydrogen-bond donors (Lipinski definition) is 2. The van der Waals surface area contributed by atoms with E-state index in [0.717, 1.165) is 24.0 Å². The molecule has 0 radical (unpaired) electrons. The van der Waals surface area contributed by atoms with E-state index >= 15 is 0 Å². The normalized spacial score (nSPS) is 14.9. The van der Waals surface area contributed by atoms with Gasteiger partial charge in [-0.05, 0) is 36.6 Å². The van der Waals surface area contributed by atoms with Crippen LogP contribution in [-0.4, -0.2) is 57.0 Å². The topological polar surface area (TPSA) is 106 Å². The number of benzene rings is 1. The summed E-state index contributed by atoms with van der Waals surface area (Å²) in [5.41, 5.74) is 8.11. The summed E-state index contributed by atoms with van der Waals surface area (Å²) in [6.07, 6.45) is 7.31. The summed E-state index contributed by atoms with van der Waals surface area (Å²) < 4.78 is 21.5. The van der Waals surface area contributed by atoms with Crippen molar-refractivity contribution in [2.24, 2.45) is 0 Å². The van der Waals surface area contributed by atoms with Crippen LogP contribution >= 0.6 is 23.2 Å². The number of likely N-dealkylation sites (tertiary alicyclic amines) is 1. The predicted octanol–water partition coefficient (Wildman–Crippen LogP) is 4.32. The SMILES string of the molecule is Nc1ncc(-c2cnn(C3CCN(CC(=O)O)CC3)c2)cc1OCCc1c(Cl)ccc(F)c1Cl. The van der Waals surface area contributed by atoms with Crippen molar-refractivity contribution in [3.8, 4) is 16.9 Å². The maximum absolute atomic E-state index is 13.7. The second-order valence-corrected chi connectivity index (χ2v) is 8.92. The van der Waals surface area contributed by atoms with Gasteiger partial charge in [0.2, 0.25) is 0 Å². The average Bonchev–Trinajstić information content (AvgIpc) is 3.30. The van der Waals surface area contributed by atoms with Gasteiger partial charge in [0.1, 0.15) is 5.82 Å². The van der Waals surface area contributed by atoms with Gasteiger partial charge in [-0.1, -0.05) is 23.2 Å². The molecule has 1 aliphatic rings. The Labute approximate surface area is 206 Å². The Kier molecular flexibility index (Phi) is 7.55. The van der Waals surface area contributed by atoms with Gasteiger partial charge in [-0.3, -0.25) is 14.4 Å². The van der Waals surface area contributed by atoms with E-state index in [9.17, 15) is 9.18 Å². The highest BCUT2D eigenvalue weighted by Gasteiger charge is 2.22. The minimum absolute atomic E-state index is 0.0165. The van der Waals surface area contributed by atoms with Crippen LogP contribution in [0.25, 0.3) is 11.1 Å². The highest BCUT2D eigenvalue weighted by Crippen LogP contribution is 2.31. The number of hydrogen-bond acceptors (Lipinski definition) is 6. The number of carbonyl (C=O) groups is 1. The van der Waals surface area contributed by atoms with E-state index < -0.39 is 11.8 Å². The van der Waals surface area contributed by atoms with Crippen LogP contribution in [0.1, 0.15) is 24.4 Å². The van der Waals surface area contributed by atoms with E-state index in [2.05, 4.69) is 10.1 Å². The number of nitrogens with zero attached hydrogens (tertiary/aromatic N) is 4. The van der Waals surface area contributed by atoms with Crippen LogP contribution in [-0.2, 0) is 11.2 Å². The second kappa shape index (κ2) is 10.6. The molecule has 3 N–H and O–H groups in total. The monoisotopic (exact) mass is 507 g/mol. The zero-order valence-electron chi connectivity index (χ0n) is 18.3. The molecule has 0 spiro atoms. The number of carboxylic acids is 1. The van der Waals surface area contributed by atoms with E-state index in [1.165, 1.54) is 12.1 Å². The first-order chi connectivity index (χ1) is 16.3. The summed E-state index contributed by atoms with van der Waals surface area (Å²) >= 11 is 12.2. The van der Waals surface area contributed by atoms with Crippen molar-refractivity contribution in [1.82, 2.24) is 19.7 Å². The maximum Gasteiger partial charge on any atom is 0.317 e. The maximum atomic E-state index is 13.7. The Balaban J connectivity index is 1.40. The fourth-order valence-corrected chi connectivity index (χ4v) is 4.57. The molecule has 0 bridgehead atoms. The minimum atomic E-state index is -0.809. The van der Waals surface area contributed by atoms with Crippen molar-refractivity contribution in [2.45, 2.75) is 25.3 Å². The lowest BCUT2D eigenvalue weighted by molar-refractivity contribution is -0.138. The number of ether oxygens (including phenoxy) is 1. The molecule has 34 heavy (non-hydrogen) atoms. The number of rotatable bonds is 8. The van der Waals surface area contributed by atoms with Gasteiger partial charge in [0.15, 0.2) is 11.6 Å².